The third kappa shape index (κ3) is 2.12. The summed E-state index contributed by atoms with van der Waals surface area (Å²) < 4.78 is 36.8. The highest BCUT2D eigenvalue weighted by Crippen LogP contribution is 2.33. The maximum absolute atomic E-state index is 12.3. The van der Waals surface area contributed by atoms with Crippen molar-refractivity contribution >= 4 is 21.6 Å². The second-order valence-corrected chi connectivity index (χ2v) is 2.92. The van der Waals surface area contributed by atoms with Gasteiger partial charge in [0, 0.05) is 22.8 Å². The Hall–Kier alpha value is -0.780. The fourth-order valence-electron chi connectivity index (χ4n) is 0.892. The molecule has 1 rings (SSSR count). The molecular weight excluding hydrogens is 249 g/mol. The summed E-state index contributed by atoms with van der Waals surface area (Å²) in [6, 6.07) is 1.34. The molecule has 1 heterocycles. The van der Waals surface area contributed by atoms with Gasteiger partial charge in [0.1, 0.15) is 5.69 Å². The molecule has 2 nitrogen and oxygen atoms in total. The summed E-state index contributed by atoms with van der Waals surface area (Å²) in [6.45, 7) is 0. The number of hydrogen-bond acceptors (Lipinski definition) is 2. The molecule has 72 valence electrons. The highest BCUT2D eigenvalue weighted by Gasteiger charge is 2.35. The monoisotopic (exact) mass is 254 g/mol. The molecular formula is C7H6BrF3N2. The van der Waals surface area contributed by atoms with Gasteiger partial charge in [-0.25, -0.2) is 0 Å². The molecule has 0 aromatic carbocycles. The van der Waals surface area contributed by atoms with Gasteiger partial charge in [0.25, 0.3) is 0 Å². The van der Waals surface area contributed by atoms with Crippen LogP contribution >= 0.6 is 15.9 Å². The number of halogens is 4. The zero-order valence-electron chi connectivity index (χ0n) is 6.40. The van der Waals surface area contributed by atoms with E-state index in [1.165, 1.54) is 6.07 Å². The van der Waals surface area contributed by atoms with E-state index in [2.05, 4.69) is 20.9 Å². The van der Waals surface area contributed by atoms with E-state index in [0.717, 1.165) is 6.20 Å². The summed E-state index contributed by atoms with van der Waals surface area (Å²) in [5.74, 6) is 0. The van der Waals surface area contributed by atoms with Crippen molar-refractivity contribution in [1.29, 1.82) is 0 Å². The number of pyridine rings is 1. The van der Waals surface area contributed by atoms with Gasteiger partial charge in [0.15, 0.2) is 0 Å². The van der Waals surface area contributed by atoms with Gasteiger partial charge in [0.05, 0.1) is 0 Å². The van der Waals surface area contributed by atoms with E-state index in [1.54, 1.807) is 0 Å². The van der Waals surface area contributed by atoms with Gasteiger partial charge in [-0.1, -0.05) is 15.9 Å². The lowest BCUT2D eigenvalue weighted by atomic mass is 10.2. The van der Waals surface area contributed by atoms with Gasteiger partial charge in [-0.3, -0.25) is 4.98 Å². The van der Waals surface area contributed by atoms with Gasteiger partial charge >= 0.3 is 6.18 Å². The van der Waals surface area contributed by atoms with Crippen molar-refractivity contribution < 1.29 is 13.2 Å². The van der Waals surface area contributed by atoms with Gasteiger partial charge in [0.2, 0.25) is 0 Å². The Morgan fingerprint density at radius 1 is 1.46 bits per heavy atom. The highest BCUT2D eigenvalue weighted by molar-refractivity contribution is 9.08. The molecule has 0 aliphatic carbocycles. The van der Waals surface area contributed by atoms with Crippen LogP contribution in [-0.2, 0) is 11.5 Å². The first kappa shape index (κ1) is 10.3. The molecule has 0 radical (unpaired) electrons. The summed E-state index contributed by atoms with van der Waals surface area (Å²) in [7, 11) is 0. The third-order valence-corrected chi connectivity index (χ3v) is 2.05. The lowest BCUT2D eigenvalue weighted by Crippen LogP contribution is -2.12. The predicted molar refractivity (Wildman–Crippen MR) is 46.3 cm³/mol. The first-order chi connectivity index (χ1) is 5.96. The van der Waals surface area contributed by atoms with Crippen molar-refractivity contribution in [1.82, 2.24) is 4.98 Å². The smallest absolute Gasteiger partial charge is 0.398 e. The molecule has 0 atom stereocenters. The number of nitrogens with zero attached hydrogens (tertiary/aromatic N) is 1. The molecule has 6 heteroatoms. The summed E-state index contributed by atoms with van der Waals surface area (Å²) in [5, 5.41) is 0.0432. The third-order valence-electron chi connectivity index (χ3n) is 1.49. The van der Waals surface area contributed by atoms with Crippen LogP contribution in [0.3, 0.4) is 0 Å². The molecule has 0 fully saturated rings. The Kier molecular flexibility index (Phi) is 2.80. The van der Waals surface area contributed by atoms with Crippen LogP contribution in [0.25, 0.3) is 0 Å². The fraction of sp³-hybridized carbons (Fsp3) is 0.286. The van der Waals surface area contributed by atoms with Crippen molar-refractivity contribution in [3.63, 3.8) is 0 Å². The second-order valence-electron chi connectivity index (χ2n) is 2.36. The summed E-state index contributed by atoms with van der Waals surface area (Å²) in [4.78, 5) is 3.25. The molecule has 0 amide bonds. The second kappa shape index (κ2) is 3.53. The number of anilines is 1. The predicted octanol–water partition coefficient (Wildman–Crippen LogP) is 2.58. The maximum atomic E-state index is 12.3. The quantitative estimate of drug-likeness (QED) is 0.783. The van der Waals surface area contributed by atoms with E-state index in [4.69, 9.17) is 5.73 Å². The number of nitrogen functional groups attached to an aromatic ring is 1. The van der Waals surface area contributed by atoms with Gasteiger partial charge in [-0.2, -0.15) is 13.2 Å². The zero-order valence-corrected chi connectivity index (χ0v) is 7.98. The first-order valence-corrected chi connectivity index (χ1v) is 4.45. The standard InChI is InChI=1S/C7H6BrF3N2/c8-3-4-5(12)1-2-13-6(4)7(9,10)11/h1-2H,3H2,(H2,12,13). The highest BCUT2D eigenvalue weighted by atomic mass is 79.9. The minimum absolute atomic E-state index is 0.0185. The lowest BCUT2D eigenvalue weighted by molar-refractivity contribution is -0.141. The Labute approximate surface area is 81.1 Å². The average Bonchev–Trinajstić information content (AvgIpc) is 2.02. The van der Waals surface area contributed by atoms with E-state index >= 15 is 0 Å². The average molecular weight is 255 g/mol. The van der Waals surface area contributed by atoms with Crippen LogP contribution in [-0.4, -0.2) is 4.98 Å². The Bertz CT molecular complexity index is 311. The molecule has 13 heavy (non-hydrogen) atoms. The summed E-state index contributed by atoms with van der Waals surface area (Å²) in [6.07, 6.45) is -3.40. The number of hydrogen-bond donors (Lipinski definition) is 1. The first-order valence-electron chi connectivity index (χ1n) is 3.33. The molecule has 0 bridgehead atoms. The normalized spacial score (nSPS) is 11.7. The van der Waals surface area contributed by atoms with Crippen LogP contribution < -0.4 is 5.73 Å². The molecule has 0 aliphatic rings. The van der Waals surface area contributed by atoms with Crippen LogP contribution in [0.5, 0.6) is 0 Å². The van der Waals surface area contributed by atoms with E-state index in [1.807, 2.05) is 0 Å². The number of alkyl halides is 4. The van der Waals surface area contributed by atoms with Crippen LogP contribution in [0.2, 0.25) is 0 Å². The van der Waals surface area contributed by atoms with Crippen molar-refractivity contribution in [3.8, 4) is 0 Å². The van der Waals surface area contributed by atoms with Crippen molar-refractivity contribution in [2.45, 2.75) is 11.5 Å². The van der Waals surface area contributed by atoms with Crippen molar-refractivity contribution in [2.24, 2.45) is 0 Å². The fourth-order valence-corrected chi connectivity index (χ4v) is 1.48. The van der Waals surface area contributed by atoms with E-state index < -0.39 is 11.9 Å². The van der Waals surface area contributed by atoms with E-state index in [0.29, 0.717) is 0 Å². The Balaban J connectivity index is 3.29. The van der Waals surface area contributed by atoms with Crippen LogP contribution in [0.15, 0.2) is 12.3 Å². The number of rotatable bonds is 1. The number of nitrogens with two attached hydrogens (primary N) is 1. The summed E-state index contributed by atoms with van der Waals surface area (Å²) >= 11 is 2.93. The topological polar surface area (TPSA) is 38.9 Å². The largest absolute Gasteiger partial charge is 0.433 e. The van der Waals surface area contributed by atoms with E-state index in [9.17, 15) is 13.2 Å². The van der Waals surface area contributed by atoms with Crippen LogP contribution in [0.4, 0.5) is 18.9 Å². The molecule has 1 aromatic rings. The SMILES string of the molecule is Nc1ccnc(C(F)(F)F)c1CBr. The van der Waals surface area contributed by atoms with Gasteiger partial charge < -0.3 is 5.73 Å². The molecule has 2 N–H and O–H groups in total. The molecule has 0 aliphatic heterocycles. The minimum atomic E-state index is -4.45. The summed E-state index contributed by atoms with van der Waals surface area (Å²) in [5.41, 5.74) is 4.51. The zero-order chi connectivity index (χ0) is 10.1. The Morgan fingerprint density at radius 2 is 2.08 bits per heavy atom. The van der Waals surface area contributed by atoms with Crippen LogP contribution in [0.1, 0.15) is 11.3 Å². The lowest BCUT2D eigenvalue weighted by Gasteiger charge is -2.11. The van der Waals surface area contributed by atoms with Crippen LogP contribution in [0, 0.1) is 0 Å². The Morgan fingerprint density at radius 3 is 2.46 bits per heavy atom. The van der Waals surface area contributed by atoms with Crippen molar-refractivity contribution in [2.75, 3.05) is 5.73 Å². The molecule has 0 saturated carbocycles. The van der Waals surface area contributed by atoms with Gasteiger partial charge in [-0.15, -0.1) is 0 Å². The molecule has 0 saturated heterocycles. The molecule has 0 unspecified atom stereocenters. The van der Waals surface area contributed by atoms with Crippen molar-refractivity contribution in [3.05, 3.63) is 23.5 Å². The minimum Gasteiger partial charge on any atom is -0.398 e. The molecule has 0 spiro atoms. The number of aromatic nitrogens is 1. The maximum Gasteiger partial charge on any atom is 0.433 e. The van der Waals surface area contributed by atoms with Gasteiger partial charge in [-0.05, 0) is 6.07 Å². The molecule has 1 aromatic heterocycles. The van der Waals surface area contributed by atoms with E-state index in [-0.39, 0.29) is 16.6 Å².